The van der Waals surface area contributed by atoms with Crippen LogP contribution in [0.4, 0.5) is 5.69 Å². The van der Waals surface area contributed by atoms with Gasteiger partial charge in [0, 0.05) is 43.2 Å². The van der Waals surface area contributed by atoms with Crippen molar-refractivity contribution in [3.05, 3.63) is 75.2 Å². The standard InChI is InChI=1S/C25H21Cl2N3O2S/c1-30(2)22-16-10-12-28-21(15-7-5-8-17(26)20(15)27)23(16)33-24(22)25(31)29-18-11-13-32-19-9-4-3-6-14(18)19/h3-10,12,18H,11,13H2,1-2H3,(H,29,31)/t18-/m0/s1. The van der Waals surface area contributed by atoms with Crippen LogP contribution in [0, 0.1) is 0 Å². The van der Waals surface area contributed by atoms with Crippen LogP contribution in [0.1, 0.15) is 27.7 Å². The fraction of sp³-hybridized carbons (Fsp3) is 0.200. The predicted molar refractivity (Wildman–Crippen MR) is 136 cm³/mol. The van der Waals surface area contributed by atoms with Crippen molar-refractivity contribution in [3.8, 4) is 17.0 Å². The van der Waals surface area contributed by atoms with Gasteiger partial charge in [0.2, 0.25) is 0 Å². The Labute approximate surface area is 205 Å². The third-order valence-corrected chi connectivity index (χ3v) is 7.72. The van der Waals surface area contributed by atoms with Gasteiger partial charge in [-0.15, -0.1) is 11.3 Å². The molecule has 4 aromatic rings. The van der Waals surface area contributed by atoms with Gasteiger partial charge in [-0.1, -0.05) is 53.5 Å². The zero-order chi connectivity index (χ0) is 23.1. The number of nitrogens with one attached hydrogen (secondary N) is 1. The summed E-state index contributed by atoms with van der Waals surface area (Å²) in [7, 11) is 3.88. The monoisotopic (exact) mass is 497 g/mol. The van der Waals surface area contributed by atoms with Crippen LogP contribution in [0.2, 0.25) is 10.0 Å². The fourth-order valence-electron chi connectivity index (χ4n) is 4.20. The molecule has 1 aliphatic heterocycles. The van der Waals surface area contributed by atoms with Gasteiger partial charge in [0.05, 0.1) is 38.8 Å². The summed E-state index contributed by atoms with van der Waals surface area (Å²) in [5.41, 5.74) is 3.31. The minimum Gasteiger partial charge on any atom is -0.493 e. The van der Waals surface area contributed by atoms with E-state index in [-0.39, 0.29) is 11.9 Å². The maximum Gasteiger partial charge on any atom is 0.264 e. The number of amides is 1. The number of carbonyl (C=O) groups excluding carboxylic acids is 1. The van der Waals surface area contributed by atoms with Crippen LogP contribution >= 0.6 is 34.5 Å². The lowest BCUT2D eigenvalue weighted by atomic mass is 10.0. The molecule has 1 amide bonds. The molecule has 0 bridgehead atoms. The maximum atomic E-state index is 13.6. The molecular weight excluding hydrogens is 477 g/mol. The molecule has 5 rings (SSSR count). The molecule has 3 heterocycles. The van der Waals surface area contributed by atoms with Crippen molar-refractivity contribution in [2.24, 2.45) is 0 Å². The molecule has 1 aliphatic rings. The number of halogens is 2. The van der Waals surface area contributed by atoms with Gasteiger partial charge in [0.1, 0.15) is 10.6 Å². The fourth-order valence-corrected chi connectivity index (χ4v) is 5.87. The summed E-state index contributed by atoms with van der Waals surface area (Å²) in [6.45, 7) is 0.566. The number of fused-ring (bicyclic) bond motifs is 2. The summed E-state index contributed by atoms with van der Waals surface area (Å²) in [6.07, 6.45) is 2.46. The highest BCUT2D eigenvalue weighted by molar-refractivity contribution is 7.22. The number of benzene rings is 2. The molecule has 0 saturated heterocycles. The highest BCUT2D eigenvalue weighted by atomic mass is 35.5. The number of nitrogens with zero attached hydrogens (tertiary/aromatic N) is 2. The SMILES string of the molecule is CN(C)c1c(C(=O)N[C@H]2CCOc3ccccc32)sc2c(-c3cccc(Cl)c3Cl)nccc12. The summed E-state index contributed by atoms with van der Waals surface area (Å²) in [5, 5.41) is 5.09. The quantitative estimate of drug-likeness (QED) is 0.345. The van der Waals surface area contributed by atoms with Crippen molar-refractivity contribution in [1.82, 2.24) is 10.3 Å². The van der Waals surface area contributed by atoms with Gasteiger partial charge in [-0.05, 0) is 18.2 Å². The molecule has 33 heavy (non-hydrogen) atoms. The average molecular weight is 498 g/mol. The van der Waals surface area contributed by atoms with E-state index in [2.05, 4.69) is 10.3 Å². The first-order chi connectivity index (χ1) is 16.0. The molecule has 1 atom stereocenters. The lowest BCUT2D eigenvalue weighted by molar-refractivity contribution is 0.0929. The van der Waals surface area contributed by atoms with E-state index in [1.54, 1.807) is 12.3 Å². The van der Waals surface area contributed by atoms with Crippen molar-refractivity contribution >= 4 is 56.2 Å². The molecule has 8 heteroatoms. The molecule has 0 fully saturated rings. The summed E-state index contributed by atoms with van der Waals surface area (Å²) >= 11 is 14.2. The normalized spacial score (nSPS) is 15.1. The second kappa shape index (κ2) is 8.86. The number of anilines is 1. The second-order valence-electron chi connectivity index (χ2n) is 8.01. The van der Waals surface area contributed by atoms with E-state index in [0.29, 0.717) is 27.2 Å². The van der Waals surface area contributed by atoms with Crippen LogP contribution < -0.4 is 15.0 Å². The number of rotatable bonds is 4. The first-order valence-electron chi connectivity index (χ1n) is 10.5. The Kier molecular flexibility index (Phi) is 5.91. The van der Waals surface area contributed by atoms with Gasteiger partial charge >= 0.3 is 0 Å². The lowest BCUT2D eigenvalue weighted by Gasteiger charge is -2.26. The van der Waals surface area contributed by atoms with Gasteiger partial charge in [-0.3, -0.25) is 9.78 Å². The average Bonchev–Trinajstić information content (AvgIpc) is 3.22. The third-order valence-electron chi connectivity index (χ3n) is 5.70. The Morgan fingerprint density at radius 1 is 1.15 bits per heavy atom. The second-order valence-corrected chi connectivity index (χ2v) is 9.82. The number of carbonyl (C=O) groups is 1. The summed E-state index contributed by atoms with van der Waals surface area (Å²) in [6, 6.07) is 15.2. The van der Waals surface area contributed by atoms with Crippen molar-refractivity contribution in [1.29, 1.82) is 0 Å². The molecule has 0 spiro atoms. The zero-order valence-corrected chi connectivity index (χ0v) is 20.4. The van der Waals surface area contributed by atoms with Crippen molar-refractivity contribution < 1.29 is 9.53 Å². The number of para-hydroxylation sites is 1. The summed E-state index contributed by atoms with van der Waals surface area (Å²) in [4.78, 5) is 20.7. The molecule has 0 saturated carbocycles. The summed E-state index contributed by atoms with van der Waals surface area (Å²) in [5.74, 6) is 0.699. The van der Waals surface area contributed by atoms with Crippen LogP contribution in [0.15, 0.2) is 54.7 Å². The van der Waals surface area contributed by atoms with E-state index < -0.39 is 0 Å². The van der Waals surface area contributed by atoms with E-state index in [0.717, 1.165) is 39.1 Å². The van der Waals surface area contributed by atoms with E-state index in [1.807, 2.05) is 61.5 Å². The Hall–Kier alpha value is -2.80. The zero-order valence-electron chi connectivity index (χ0n) is 18.1. The molecule has 1 N–H and O–H groups in total. The van der Waals surface area contributed by atoms with Crippen molar-refractivity contribution in [3.63, 3.8) is 0 Å². The van der Waals surface area contributed by atoms with Gasteiger partial charge < -0.3 is 15.0 Å². The lowest BCUT2D eigenvalue weighted by Crippen LogP contribution is -2.32. The molecule has 0 unspecified atom stereocenters. The van der Waals surface area contributed by atoms with E-state index >= 15 is 0 Å². The molecule has 2 aromatic carbocycles. The van der Waals surface area contributed by atoms with Crippen LogP contribution in [-0.2, 0) is 0 Å². The Morgan fingerprint density at radius 3 is 2.79 bits per heavy atom. The molecule has 168 valence electrons. The number of pyridine rings is 1. The Balaban J connectivity index is 1.60. The first-order valence-corrected chi connectivity index (χ1v) is 12.1. The number of aromatic nitrogens is 1. The summed E-state index contributed by atoms with van der Waals surface area (Å²) < 4.78 is 6.64. The van der Waals surface area contributed by atoms with E-state index in [1.165, 1.54) is 11.3 Å². The van der Waals surface area contributed by atoms with Crippen LogP contribution in [0.25, 0.3) is 21.3 Å². The first kappa shape index (κ1) is 22.0. The predicted octanol–water partition coefficient (Wildman–Crippen LogP) is 6.59. The van der Waals surface area contributed by atoms with Crippen LogP contribution in [-0.4, -0.2) is 31.6 Å². The largest absolute Gasteiger partial charge is 0.493 e. The number of ether oxygens (including phenoxy) is 1. The van der Waals surface area contributed by atoms with Crippen LogP contribution in [0.5, 0.6) is 5.75 Å². The van der Waals surface area contributed by atoms with Gasteiger partial charge in [-0.2, -0.15) is 0 Å². The van der Waals surface area contributed by atoms with Crippen molar-refractivity contribution in [2.75, 3.05) is 25.6 Å². The Morgan fingerprint density at radius 2 is 1.97 bits per heavy atom. The highest BCUT2D eigenvalue weighted by Crippen LogP contribution is 2.44. The van der Waals surface area contributed by atoms with E-state index in [9.17, 15) is 4.79 Å². The van der Waals surface area contributed by atoms with Crippen molar-refractivity contribution in [2.45, 2.75) is 12.5 Å². The number of hydrogen-bond donors (Lipinski definition) is 1. The van der Waals surface area contributed by atoms with Gasteiger partial charge in [-0.25, -0.2) is 0 Å². The molecular formula is C25H21Cl2N3O2S. The Bertz CT molecular complexity index is 1370. The van der Waals surface area contributed by atoms with E-state index in [4.69, 9.17) is 27.9 Å². The third kappa shape index (κ3) is 3.92. The number of thiophene rings is 1. The topological polar surface area (TPSA) is 54.5 Å². The highest BCUT2D eigenvalue weighted by Gasteiger charge is 2.27. The molecule has 5 nitrogen and oxygen atoms in total. The number of hydrogen-bond acceptors (Lipinski definition) is 5. The van der Waals surface area contributed by atoms with Crippen LogP contribution in [0.3, 0.4) is 0 Å². The minimum absolute atomic E-state index is 0.109. The smallest absolute Gasteiger partial charge is 0.264 e. The molecule has 2 aromatic heterocycles. The van der Waals surface area contributed by atoms with Gasteiger partial charge in [0.25, 0.3) is 5.91 Å². The minimum atomic E-state index is -0.121. The maximum absolute atomic E-state index is 13.6. The van der Waals surface area contributed by atoms with Gasteiger partial charge in [0.15, 0.2) is 0 Å². The molecule has 0 aliphatic carbocycles. The molecule has 0 radical (unpaired) electrons.